The molecule has 1 aliphatic heterocycles. The van der Waals surface area contributed by atoms with Gasteiger partial charge in [0.2, 0.25) is 0 Å². The zero-order chi connectivity index (χ0) is 13.0. The number of aromatic nitrogens is 1. The lowest BCUT2D eigenvalue weighted by Crippen LogP contribution is -2.39. The first-order chi connectivity index (χ1) is 8.68. The van der Waals surface area contributed by atoms with Crippen molar-refractivity contribution in [3.8, 4) is 0 Å². The van der Waals surface area contributed by atoms with Gasteiger partial charge in [-0.1, -0.05) is 6.07 Å². The van der Waals surface area contributed by atoms with Crippen molar-refractivity contribution < 1.29 is 4.74 Å². The van der Waals surface area contributed by atoms with E-state index in [0.717, 1.165) is 31.6 Å². The van der Waals surface area contributed by atoms with Crippen LogP contribution in [0.3, 0.4) is 0 Å². The van der Waals surface area contributed by atoms with Crippen molar-refractivity contribution in [3.05, 3.63) is 34.2 Å². The molecule has 2 atom stereocenters. The first-order valence-corrected chi connectivity index (χ1v) is 6.69. The second-order valence-electron chi connectivity index (χ2n) is 4.98. The summed E-state index contributed by atoms with van der Waals surface area (Å²) in [6, 6.07) is 4.12. The lowest BCUT2D eigenvalue weighted by Gasteiger charge is -2.20. The maximum Gasteiger partial charge on any atom is 0.253 e. The molecule has 1 aliphatic rings. The van der Waals surface area contributed by atoms with E-state index in [9.17, 15) is 4.79 Å². The molecule has 18 heavy (non-hydrogen) atoms. The zero-order valence-corrected chi connectivity index (χ0v) is 11.2. The van der Waals surface area contributed by atoms with Crippen molar-refractivity contribution in [1.82, 2.24) is 9.88 Å². The fraction of sp³-hybridized carbons (Fsp3) is 0.643. The SMILES string of the molecule is Cc1cccn(CCNC(C)C2CCCO2)c1=O. The van der Waals surface area contributed by atoms with E-state index in [2.05, 4.69) is 12.2 Å². The molecule has 100 valence electrons. The molecule has 0 spiro atoms. The number of pyridine rings is 1. The Morgan fingerprint density at radius 1 is 1.61 bits per heavy atom. The van der Waals surface area contributed by atoms with E-state index in [-0.39, 0.29) is 5.56 Å². The number of aryl methyl sites for hydroxylation is 1. The molecule has 0 bridgehead atoms. The van der Waals surface area contributed by atoms with E-state index in [1.165, 1.54) is 0 Å². The minimum absolute atomic E-state index is 0.101. The van der Waals surface area contributed by atoms with Gasteiger partial charge >= 0.3 is 0 Å². The Morgan fingerprint density at radius 3 is 3.17 bits per heavy atom. The maximum absolute atomic E-state index is 11.8. The van der Waals surface area contributed by atoms with E-state index in [1.54, 1.807) is 4.57 Å². The van der Waals surface area contributed by atoms with Crippen LogP contribution in [0.1, 0.15) is 25.3 Å². The van der Waals surface area contributed by atoms with E-state index in [1.807, 2.05) is 25.3 Å². The van der Waals surface area contributed by atoms with Gasteiger partial charge in [-0.15, -0.1) is 0 Å². The third-order valence-electron chi connectivity index (χ3n) is 3.55. The molecule has 1 aromatic rings. The highest BCUT2D eigenvalue weighted by Gasteiger charge is 2.21. The highest BCUT2D eigenvalue weighted by Crippen LogP contribution is 2.15. The van der Waals surface area contributed by atoms with E-state index >= 15 is 0 Å². The average Bonchev–Trinajstić information content (AvgIpc) is 2.88. The van der Waals surface area contributed by atoms with Crippen LogP contribution in [-0.2, 0) is 11.3 Å². The molecule has 1 fully saturated rings. The predicted molar refractivity (Wildman–Crippen MR) is 71.9 cm³/mol. The smallest absolute Gasteiger partial charge is 0.253 e. The first-order valence-electron chi connectivity index (χ1n) is 6.69. The van der Waals surface area contributed by atoms with Gasteiger partial charge in [-0.2, -0.15) is 0 Å². The van der Waals surface area contributed by atoms with Gasteiger partial charge in [0.1, 0.15) is 0 Å². The summed E-state index contributed by atoms with van der Waals surface area (Å²) in [4.78, 5) is 11.8. The highest BCUT2D eigenvalue weighted by atomic mass is 16.5. The van der Waals surface area contributed by atoms with Gasteiger partial charge in [0.05, 0.1) is 6.10 Å². The Labute approximate surface area is 108 Å². The number of nitrogens with zero attached hydrogens (tertiary/aromatic N) is 1. The second kappa shape index (κ2) is 6.16. The Bertz CT molecular complexity index is 436. The third-order valence-corrected chi connectivity index (χ3v) is 3.55. The largest absolute Gasteiger partial charge is 0.377 e. The van der Waals surface area contributed by atoms with Crippen LogP contribution in [0.5, 0.6) is 0 Å². The molecule has 2 unspecified atom stereocenters. The Morgan fingerprint density at radius 2 is 2.44 bits per heavy atom. The topological polar surface area (TPSA) is 43.3 Å². The van der Waals surface area contributed by atoms with Crippen LogP contribution >= 0.6 is 0 Å². The molecule has 0 aliphatic carbocycles. The number of hydrogen-bond acceptors (Lipinski definition) is 3. The third kappa shape index (κ3) is 3.21. The van der Waals surface area contributed by atoms with Crippen molar-refractivity contribution in [2.45, 2.75) is 45.4 Å². The quantitative estimate of drug-likeness (QED) is 0.857. The summed E-state index contributed by atoms with van der Waals surface area (Å²) < 4.78 is 7.38. The molecule has 4 nitrogen and oxygen atoms in total. The fourth-order valence-electron chi connectivity index (χ4n) is 2.37. The summed E-state index contributed by atoms with van der Waals surface area (Å²) in [5.41, 5.74) is 0.897. The molecule has 4 heteroatoms. The molecular formula is C14H22N2O2. The monoisotopic (exact) mass is 250 g/mol. The fourth-order valence-corrected chi connectivity index (χ4v) is 2.37. The highest BCUT2D eigenvalue weighted by molar-refractivity contribution is 5.07. The Hall–Kier alpha value is -1.13. The summed E-state index contributed by atoms with van der Waals surface area (Å²) in [5.74, 6) is 0. The van der Waals surface area contributed by atoms with Gasteiger partial charge in [0.15, 0.2) is 0 Å². The maximum atomic E-state index is 11.8. The summed E-state index contributed by atoms with van der Waals surface area (Å²) in [5, 5.41) is 3.43. The second-order valence-corrected chi connectivity index (χ2v) is 4.98. The van der Waals surface area contributed by atoms with Gasteiger partial charge in [-0.3, -0.25) is 4.79 Å². The number of ether oxygens (including phenoxy) is 1. The minimum Gasteiger partial charge on any atom is -0.377 e. The summed E-state index contributed by atoms with van der Waals surface area (Å²) >= 11 is 0. The Kier molecular flexibility index (Phi) is 4.55. The van der Waals surface area contributed by atoms with E-state index in [0.29, 0.717) is 18.7 Å². The molecule has 2 rings (SSSR count). The van der Waals surface area contributed by atoms with Crippen molar-refractivity contribution in [2.75, 3.05) is 13.2 Å². The molecule has 1 aromatic heterocycles. The van der Waals surface area contributed by atoms with Gasteiger partial charge in [-0.25, -0.2) is 0 Å². The van der Waals surface area contributed by atoms with Crippen molar-refractivity contribution >= 4 is 0 Å². The standard InChI is InChI=1S/C14H22N2O2/c1-11-5-3-8-16(14(11)17)9-7-15-12(2)13-6-4-10-18-13/h3,5,8,12-13,15H,4,6-7,9-10H2,1-2H3. The summed E-state index contributed by atoms with van der Waals surface area (Å²) in [7, 11) is 0. The number of rotatable bonds is 5. The van der Waals surface area contributed by atoms with Crippen LogP contribution in [0.2, 0.25) is 0 Å². The van der Waals surface area contributed by atoms with Gasteiger partial charge in [0.25, 0.3) is 5.56 Å². The van der Waals surface area contributed by atoms with E-state index in [4.69, 9.17) is 4.74 Å². The van der Waals surface area contributed by atoms with Crippen molar-refractivity contribution in [1.29, 1.82) is 0 Å². The summed E-state index contributed by atoms with van der Waals surface area (Å²) in [6.45, 7) is 6.38. The van der Waals surface area contributed by atoms with Crippen molar-refractivity contribution in [2.24, 2.45) is 0 Å². The molecule has 2 heterocycles. The lowest BCUT2D eigenvalue weighted by atomic mass is 10.1. The predicted octanol–water partition coefficient (Wildman–Crippen LogP) is 1.31. The van der Waals surface area contributed by atoms with Crippen molar-refractivity contribution in [3.63, 3.8) is 0 Å². The first kappa shape index (κ1) is 13.3. The summed E-state index contributed by atoms with van der Waals surface area (Å²) in [6.07, 6.45) is 4.47. The van der Waals surface area contributed by atoms with Crippen LogP contribution in [0, 0.1) is 6.92 Å². The van der Waals surface area contributed by atoms with Crippen LogP contribution in [-0.4, -0.2) is 29.9 Å². The van der Waals surface area contributed by atoms with Crippen LogP contribution < -0.4 is 10.9 Å². The molecular weight excluding hydrogens is 228 g/mol. The Balaban J connectivity index is 1.81. The minimum atomic E-state index is 0.101. The van der Waals surface area contributed by atoms with E-state index < -0.39 is 0 Å². The lowest BCUT2D eigenvalue weighted by molar-refractivity contribution is 0.0835. The molecule has 0 saturated carbocycles. The zero-order valence-electron chi connectivity index (χ0n) is 11.2. The molecule has 0 amide bonds. The molecule has 0 radical (unpaired) electrons. The molecule has 1 saturated heterocycles. The van der Waals surface area contributed by atoms with Crippen LogP contribution in [0.15, 0.2) is 23.1 Å². The molecule has 0 aromatic carbocycles. The van der Waals surface area contributed by atoms with Crippen LogP contribution in [0.25, 0.3) is 0 Å². The number of hydrogen-bond donors (Lipinski definition) is 1. The van der Waals surface area contributed by atoms with Crippen LogP contribution in [0.4, 0.5) is 0 Å². The number of nitrogens with one attached hydrogen (secondary N) is 1. The normalized spacial score (nSPS) is 21.1. The van der Waals surface area contributed by atoms with Gasteiger partial charge in [-0.05, 0) is 32.8 Å². The average molecular weight is 250 g/mol. The molecule has 1 N–H and O–H groups in total. The van der Waals surface area contributed by atoms with Gasteiger partial charge in [0, 0.05) is 37.5 Å². The van der Waals surface area contributed by atoms with Gasteiger partial charge < -0.3 is 14.6 Å².